The van der Waals surface area contributed by atoms with Gasteiger partial charge in [0.1, 0.15) is 0 Å². The quantitative estimate of drug-likeness (QED) is 0.787. The van der Waals surface area contributed by atoms with Crippen molar-refractivity contribution in [3.05, 3.63) is 53.8 Å². The molecule has 0 aliphatic heterocycles. The van der Waals surface area contributed by atoms with Crippen LogP contribution >= 0.6 is 11.6 Å². The average Bonchev–Trinajstić information content (AvgIpc) is 2.70. The molecule has 1 aromatic heterocycles. The highest BCUT2D eigenvalue weighted by Gasteiger charge is 2.02. The Kier molecular flexibility index (Phi) is 2.74. The maximum absolute atomic E-state index is 11.6. The number of hydrogen-bond donors (Lipinski definition) is 1. The fourth-order valence-corrected chi connectivity index (χ4v) is 1.41. The number of carbonyl (C=O) groups excluding carboxylic acids is 1. The van der Waals surface area contributed by atoms with E-state index in [0.717, 1.165) is 0 Å². The number of rotatable bonds is 1. The number of nitrogens with one attached hydrogen (secondary N) is 1. The molecule has 0 saturated carbocycles. The van der Waals surface area contributed by atoms with Gasteiger partial charge < -0.3 is 5.32 Å². The van der Waals surface area contributed by atoms with Crippen LogP contribution in [0.3, 0.4) is 0 Å². The summed E-state index contributed by atoms with van der Waals surface area (Å²) in [6.07, 6.45) is 3.36. The number of carbonyl (C=O) groups is 1. The Hall–Kier alpha value is -1.74. The van der Waals surface area contributed by atoms with Gasteiger partial charge in [-0.05, 0) is 30.3 Å². The van der Waals surface area contributed by atoms with Crippen LogP contribution in [0.15, 0.2) is 48.8 Å². The first-order chi connectivity index (χ1) is 7.25. The molecule has 0 unspecified atom stereocenters. The zero-order valence-corrected chi connectivity index (χ0v) is 8.61. The van der Waals surface area contributed by atoms with Crippen molar-refractivity contribution in [2.24, 2.45) is 0 Å². The average molecular weight is 221 g/mol. The fraction of sp³-hybridized carbons (Fsp3) is 0. The Morgan fingerprint density at radius 2 is 1.93 bits per heavy atom. The number of aromatic nitrogens is 1. The molecule has 1 amide bonds. The van der Waals surface area contributed by atoms with Crippen molar-refractivity contribution in [1.82, 2.24) is 4.57 Å². The number of nitrogens with zero attached hydrogens (tertiary/aromatic N) is 1. The second-order valence-corrected chi connectivity index (χ2v) is 3.47. The lowest BCUT2D eigenvalue weighted by Gasteiger charge is -2.05. The molecular formula is C11H9ClN2O. The van der Waals surface area contributed by atoms with Crippen molar-refractivity contribution in [2.75, 3.05) is 5.32 Å². The highest BCUT2D eigenvalue weighted by Crippen LogP contribution is 2.14. The van der Waals surface area contributed by atoms with Gasteiger partial charge in [0.2, 0.25) is 0 Å². The van der Waals surface area contributed by atoms with Gasteiger partial charge in [-0.15, -0.1) is 0 Å². The van der Waals surface area contributed by atoms with Crippen molar-refractivity contribution in [2.45, 2.75) is 0 Å². The van der Waals surface area contributed by atoms with E-state index in [9.17, 15) is 4.79 Å². The van der Waals surface area contributed by atoms with Gasteiger partial charge in [-0.2, -0.15) is 0 Å². The van der Waals surface area contributed by atoms with E-state index in [-0.39, 0.29) is 6.03 Å². The molecule has 0 fully saturated rings. The van der Waals surface area contributed by atoms with Gasteiger partial charge in [0.15, 0.2) is 0 Å². The highest BCUT2D eigenvalue weighted by molar-refractivity contribution is 6.30. The second kappa shape index (κ2) is 4.19. The van der Waals surface area contributed by atoms with E-state index in [2.05, 4.69) is 5.32 Å². The molecule has 2 aromatic rings. The van der Waals surface area contributed by atoms with Gasteiger partial charge in [0, 0.05) is 23.1 Å². The van der Waals surface area contributed by atoms with Crippen LogP contribution < -0.4 is 5.32 Å². The van der Waals surface area contributed by atoms with Crippen LogP contribution in [0.25, 0.3) is 0 Å². The minimum atomic E-state index is -0.206. The molecule has 0 bridgehead atoms. The minimum absolute atomic E-state index is 0.206. The van der Waals surface area contributed by atoms with E-state index in [1.165, 1.54) is 4.57 Å². The van der Waals surface area contributed by atoms with Gasteiger partial charge in [0.05, 0.1) is 0 Å². The van der Waals surface area contributed by atoms with Crippen molar-refractivity contribution in [3.63, 3.8) is 0 Å². The Bertz CT molecular complexity index is 465. The molecule has 4 heteroatoms. The summed E-state index contributed by atoms with van der Waals surface area (Å²) in [5.74, 6) is 0. The van der Waals surface area contributed by atoms with Crippen LogP contribution in [0.2, 0.25) is 5.02 Å². The Morgan fingerprint density at radius 1 is 1.20 bits per heavy atom. The summed E-state index contributed by atoms with van der Waals surface area (Å²) in [6, 6.07) is 10.4. The van der Waals surface area contributed by atoms with Crippen LogP contribution in [0.1, 0.15) is 0 Å². The summed E-state index contributed by atoms with van der Waals surface area (Å²) in [5.41, 5.74) is 0.682. The SMILES string of the molecule is O=C(Nc1cccc(Cl)c1)n1cccc1. The van der Waals surface area contributed by atoms with Crippen LogP contribution in [0.4, 0.5) is 10.5 Å². The fourth-order valence-electron chi connectivity index (χ4n) is 1.22. The number of halogens is 1. The monoisotopic (exact) mass is 220 g/mol. The Morgan fingerprint density at radius 3 is 2.60 bits per heavy atom. The first kappa shape index (κ1) is 9.80. The van der Waals surface area contributed by atoms with Crippen molar-refractivity contribution in [1.29, 1.82) is 0 Å². The van der Waals surface area contributed by atoms with E-state index in [4.69, 9.17) is 11.6 Å². The molecule has 0 spiro atoms. The lowest BCUT2D eigenvalue weighted by atomic mass is 10.3. The number of amides is 1. The topological polar surface area (TPSA) is 34.0 Å². The summed E-state index contributed by atoms with van der Waals surface area (Å²) in [7, 11) is 0. The molecule has 0 aliphatic rings. The summed E-state index contributed by atoms with van der Waals surface area (Å²) >= 11 is 5.80. The molecule has 1 N–H and O–H groups in total. The third-order valence-electron chi connectivity index (χ3n) is 1.91. The maximum Gasteiger partial charge on any atom is 0.329 e. The molecule has 2 rings (SSSR count). The van der Waals surface area contributed by atoms with Gasteiger partial charge in [-0.3, -0.25) is 4.57 Å². The largest absolute Gasteiger partial charge is 0.329 e. The molecule has 0 saturated heterocycles. The zero-order valence-electron chi connectivity index (χ0n) is 7.85. The number of benzene rings is 1. The highest BCUT2D eigenvalue weighted by atomic mass is 35.5. The summed E-state index contributed by atoms with van der Waals surface area (Å²) < 4.78 is 1.46. The summed E-state index contributed by atoms with van der Waals surface area (Å²) in [6.45, 7) is 0. The molecule has 0 atom stereocenters. The third kappa shape index (κ3) is 2.39. The van der Waals surface area contributed by atoms with Crippen molar-refractivity contribution in [3.8, 4) is 0 Å². The van der Waals surface area contributed by atoms with Crippen LogP contribution in [0.5, 0.6) is 0 Å². The van der Waals surface area contributed by atoms with Crippen molar-refractivity contribution >= 4 is 23.3 Å². The normalized spacial score (nSPS) is 9.93. The standard InChI is InChI=1S/C11H9ClN2O/c12-9-4-3-5-10(8-9)13-11(15)14-6-1-2-7-14/h1-8H,(H,13,15). The Labute approximate surface area is 92.3 Å². The zero-order chi connectivity index (χ0) is 10.7. The van der Waals surface area contributed by atoms with E-state index in [1.807, 2.05) is 0 Å². The van der Waals surface area contributed by atoms with Gasteiger partial charge >= 0.3 is 6.03 Å². The first-order valence-electron chi connectivity index (χ1n) is 4.45. The first-order valence-corrected chi connectivity index (χ1v) is 4.83. The van der Waals surface area contributed by atoms with Gasteiger partial charge in [-0.25, -0.2) is 4.79 Å². The van der Waals surface area contributed by atoms with E-state index >= 15 is 0 Å². The van der Waals surface area contributed by atoms with Crippen molar-refractivity contribution < 1.29 is 4.79 Å². The summed E-state index contributed by atoms with van der Waals surface area (Å²) in [4.78, 5) is 11.6. The van der Waals surface area contributed by atoms with Gasteiger partial charge in [0.25, 0.3) is 0 Å². The van der Waals surface area contributed by atoms with Crippen LogP contribution in [-0.4, -0.2) is 10.6 Å². The summed E-state index contributed by atoms with van der Waals surface area (Å²) in [5, 5.41) is 3.32. The molecule has 1 heterocycles. The maximum atomic E-state index is 11.6. The minimum Gasteiger partial charge on any atom is -0.307 e. The van der Waals surface area contributed by atoms with E-state index < -0.39 is 0 Å². The number of anilines is 1. The molecular weight excluding hydrogens is 212 g/mol. The predicted molar refractivity (Wildman–Crippen MR) is 60.3 cm³/mol. The lowest BCUT2D eigenvalue weighted by molar-refractivity contribution is 0.253. The molecule has 0 aliphatic carbocycles. The third-order valence-corrected chi connectivity index (χ3v) is 2.15. The second-order valence-electron chi connectivity index (χ2n) is 3.03. The molecule has 15 heavy (non-hydrogen) atoms. The molecule has 1 aromatic carbocycles. The molecule has 3 nitrogen and oxygen atoms in total. The van der Waals surface area contributed by atoms with E-state index in [1.54, 1.807) is 48.8 Å². The number of hydrogen-bond acceptors (Lipinski definition) is 1. The molecule has 0 radical (unpaired) electrons. The van der Waals surface area contributed by atoms with Gasteiger partial charge in [-0.1, -0.05) is 17.7 Å². The molecule has 76 valence electrons. The smallest absolute Gasteiger partial charge is 0.307 e. The van der Waals surface area contributed by atoms with E-state index in [0.29, 0.717) is 10.7 Å². The Balaban J connectivity index is 2.13. The van der Waals surface area contributed by atoms with Crippen LogP contribution in [0, 0.1) is 0 Å². The predicted octanol–water partition coefficient (Wildman–Crippen LogP) is 3.22. The van der Waals surface area contributed by atoms with Crippen LogP contribution in [-0.2, 0) is 0 Å². The lowest BCUT2D eigenvalue weighted by Crippen LogP contribution is -2.17.